The first-order valence-corrected chi connectivity index (χ1v) is 10.7. The van der Waals surface area contributed by atoms with E-state index in [0.29, 0.717) is 24.7 Å². The fourth-order valence-corrected chi connectivity index (χ4v) is 4.77. The van der Waals surface area contributed by atoms with Crippen LogP contribution in [0.25, 0.3) is 5.82 Å². The third-order valence-electron chi connectivity index (χ3n) is 4.81. The highest BCUT2D eigenvalue weighted by molar-refractivity contribution is 7.88. The van der Waals surface area contributed by atoms with Gasteiger partial charge in [-0.25, -0.2) is 17.2 Å². The van der Waals surface area contributed by atoms with E-state index in [1.807, 2.05) is 46.1 Å². The summed E-state index contributed by atoms with van der Waals surface area (Å²) >= 11 is 0. The summed E-state index contributed by atoms with van der Waals surface area (Å²) in [5.74, 6) is -0.608. The average Bonchev–Trinajstić information content (AvgIpc) is 3.26. The Morgan fingerprint density at radius 1 is 0.897 bits per heavy atom. The molecule has 152 valence electrons. The average molecular weight is 419 g/mol. The first-order valence-electron chi connectivity index (χ1n) is 9.06. The van der Waals surface area contributed by atoms with Crippen LogP contribution in [0, 0.1) is 11.6 Å². The van der Waals surface area contributed by atoms with Crippen LogP contribution < -0.4 is 4.90 Å². The second-order valence-electron chi connectivity index (χ2n) is 6.72. The number of nitrogens with zero attached hydrogens (tertiary/aromatic N) is 5. The molecule has 7 nitrogen and oxygen atoms in total. The molecule has 0 saturated carbocycles. The third kappa shape index (κ3) is 4.28. The topological polar surface area (TPSA) is 71.3 Å². The maximum Gasteiger partial charge on any atom is 0.218 e. The van der Waals surface area contributed by atoms with Gasteiger partial charge in [0.2, 0.25) is 10.0 Å². The number of hydrogen-bond acceptors (Lipinski definition) is 5. The number of hydrogen-bond donors (Lipinski definition) is 0. The molecular formula is C19H19F2N5O2S. The van der Waals surface area contributed by atoms with Gasteiger partial charge in [-0.15, -0.1) is 10.2 Å². The van der Waals surface area contributed by atoms with Gasteiger partial charge in [0.1, 0.15) is 11.6 Å². The summed E-state index contributed by atoms with van der Waals surface area (Å²) in [5.41, 5.74) is -0.168. The maximum atomic E-state index is 13.8. The van der Waals surface area contributed by atoms with Gasteiger partial charge in [-0.2, -0.15) is 4.31 Å². The molecule has 0 N–H and O–H groups in total. The number of benzene rings is 1. The number of anilines is 1. The Balaban J connectivity index is 1.40. The molecule has 4 rings (SSSR count). The third-order valence-corrected chi connectivity index (χ3v) is 6.63. The monoisotopic (exact) mass is 419 g/mol. The standard InChI is InChI=1S/C19H19F2N5O2S/c20-16-3-4-17(21)15(13-16)14-29(27,28)26-11-9-25(10-12-26)19-6-5-18(22-23-19)24-7-1-2-8-24/h1-8,13H,9-12,14H2. The van der Waals surface area contributed by atoms with Gasteiger partial charge in [-0.3, -0.25) is 0 Å². The van der Waals surface area contributed by atoms with Crippen molar-refractivity contribution < 1.29 is 17.2 Å². The molecule has 29 heavy (non-hydrogen) atoms. The molecule has 1 aromatic carbocycles. The van der Waals surface area contributed by atoms with E-state index < -0.39 is 27.4 Å². The summed E-state index contributed by atoms with van der Waals surface area (Å²) in [6.45, 7) is 1.34. The van der Waals surface area contributed by atoms with Crippen molar-refractivity contribution in [3.05, 3.63) is 72.1 Å². The van der Waals surface area contributed by atoms with E-state index in [0.717, 1.165) is 18.2 Å². The fourth-order valence-electron chi connectivity index (χ4n) is 3.25. The summed E-state index contributed by atoms with van der Waals surface area (Å²) in [4.78, 5) is 1.95. The Hall–Kier alpha value is -2.85. The Labute approximate surface area is 167 Å². The molecule has 1 fully saturated rings. The molecule has 0 unspecified atom stereocenters. The Bertz CT molecular complexity index is 1080. The first-order chi connectivity index (χ1) is 13.9. The SMILES string of the molecule is O=S(=O)(Cc1cc(F)ccc1F)N1CCN(c2ccc(-n3cccc3)nn2)CC1. The molecular weight excluding hydrogens is 400 g/mol. The second-order valence-corrected chi connectivity index (χ2v) is 8.69. The lowest BCUT2D eigenvalue weighted by molar-refractivity contribution is 0.382. The first kappa shape index (κ1) is 19.5. The van der Waals surface area contributed by atoms with E-state index in [4.69, 9.17) is 0 Å². The molecule has 1 aliphatic heterocycles. The van der Waals surface area contributed by atoms with E-state index in [-0.39, 0.29) is 18.7 Å². The maximum absolute atomic E-state index is 13.8. The summed E-state index contributed by atoms with van der Waals surface area (Å²) in [7, 11) is -3.76. The van der Waals surface area contributed by atoms with Crippen LogP contribution in [0.5, 0.6) is 0 Å². The number of rotatable bonds is 5. The molecule has 0 amide bonds. The van der Waals surface area contributed by atoms with Crippen molar-refractivity contribution >= 4 is 15.8 Å². The van der Waals surface area contributed by atoms with Crippen LogP contribution >= 0.6 is 0 Å². The highest BCUT2D eigenvalue weighted by Gasteiger charge is 2.28. The number of sulfonamides is 1. The summed E-state index contributed by atoms with van der Waals surface area (Å²) in [5, 5.41) is 8.43. The zero-order valence-electron chi connectivity index (χ0n) is 15.4. The van der Waals surface area contributed by atoms with Crippen LogP contribution in [0.2, 0.25) is 0 Å². The molecule has 0 radical (unpaired) electrons. The van der Waals surface area contributed by atoms with Gasteiger partial charge in [0.25, 0.3) is 0 Å². The molecule has 10 heteroatoms. The van der Waals surface area contributed by atoms with Crippen molar-refractivity contribution in [1.82, 2.24) is 19.1 Å². The van der Waals surface area contributed by atoms with Crippen LogP contribution in [-0.2, 0) is 15.8 Å². The lowest BCUT2D eigenvalue weighted by Gasteiger charge is -2.34. The lowest BCUT2D eigenvalue weighted by atomic mass is 10.2. The van der Waals surface area contributed by atoms with E-state index in [9.17, 15) is 17.2 Å². The van der Waals surface area contributed by atoms with Crippen molar-refractivity contribution in [1.29, 1.82) is 0 Å². The van der Waals surface area contributed by atoms with Gasteiger partial charge in [0.15, 0.2) is 11.6 Å². The highest BCUT2D eigenvalue weighted by Crippen LogP contribution is 2.19. The number of halogens is 2. The highest BCUT2D eigenvalue weighted by atomic mass is 32.2. The number of piperazine rings is 1. The van der Waals surface area contributed by atoms with Crippen LogP contribution in [0.4, 0.5) is 14.6 Å². The van der Waals surface area contributed by atoms with E-state index in [1.54, 1.807) is 0 Å². The molecule has 2 aromatic heterocycles. The smallest absolute Gasteiger partial charge is 0.218 e. The lowest BCUT2D eigenvalue weighted by Crippen LogP contribution is -2.49. The minimum atomic E-state index is -3.76. The Kier molecular flexibility index (Phi) is 5.29. The predicted molar refractivity (Wildman–Crippen MR) is 104 cm³/mol. The molecule has 0 bridgehead atoms. The minimum absolute atomic E-state index is 0.168. The van der Waals surface area contributed by atoms with E-state index in [1.165, 1.54) is 4.31 Å². The van der Waals surface area contributed by atoms with Crippen molar-refractivity contribution in [2.24, 2.45) is 0 Å². The van der Waals surface area contributed by atoms with Crippen LogP contribution in [0.3, 0.4) is 0 Å². The quantitative estimate of drug-likeness (QED) is 0.634. The molecule has 1 aliphatic rings. The predicted octanol–water partition coefficient (Wildman–Crippen LogP) is 2.20. The zero-order chi connectivity index (χ0) is 20.4. The molecule has 3 heterocycles. The van der Waals surface area contributed by atoms with Crippen molar-refractivity contribution in [2.45, 2.75) is 5.75 Å². The Morgan fingerprint density at radius 2 is 1.55 bits per heavy atom. The van der Waals surface area contributed by atoms with Gasteiger partial charge in [0.05, 0.1) is 5.75 Å². The normalized spacial score (nSPS) is 15.6. The van der Waals surface area contributed by atoms with E-state index >= 15 is 0 Å². The van der Waals surface area contributed by atoms with Crippen molar-refractivity contribution in [2.75, 3.05) is 31.1 Å². The molecule has 1 saturated heterocycles. The van der Waals surface area contributed by atoms with Gasteiger partial charge >= 0.3 is 0 Å². The van der Waals surface area contributed by atoms with Gasteiger partial charge in [-0.05, 0) is 42.5 Å². The van der Waals surface area contributed by atoms with Gasteiger partial charge in [0, 0.05) is 44.1 Å². The van der Waals surface area contributed by atoms with Crippen LogP contribution in [0.1, 0.15) is 5.56 Å². The summed E-state index contributed by atoms with van der Waals surface area (Å²) < 4.78 is 55.5. The van der Waals surface area contributed by atoms with Crippen LogP contribution in [0.15, 0.2) is 54.9 Å². The van der Waals surface area contributed by atoms with Gasteiger partial charge in [-0.1, -0.05) is 0 Å². The van der Waals surface area contributed by atoms with Crippen LogP contribution in [-0.4, -0.2) is 53.7 Å². The largest absolute Gasteiger partial charge is 0.352 e. The van der Waals surface area contributed by atoms with E-state index in [2.05, 4.69) is 10.2 Å². The summed E-state index contributed by atoms with van der Waals surface area (Å²) in [6.07, 6.45) is 3.74. The molecule has 3 aromatic rings. The van der Waals surface area contributed by atoms with Crippen molar-refractivity contribution in [3.63, 3.8) is 0 Å². The Morgan fingerprint density at radius 3 is 2.21 bits per heavy atom. The van der Waals surface area contributed by atoms with Crippen molar-refractivity contribution in [3.8, 4) is 5.82 Å². The summed E-state index contributed by atoms with van der Waals surface area (Å²) in [6, 6.07) is 10.3. The fraction of sp³-hybridized carbons (Fsp3) is 0.263. The zero-order valence-corrected chi connectivity index (χ0v) is 16.3. The minimum Gasteiger partial charge on any atom is -0.352 e. The second kappa shape index (κ2) is 7.88. The molecule has 0 atom stereocenters. The van der Waals surface area contributed by atoms with Gasteiger partial charge < -0.3 is 9.47 Å². The number of aromatic nitrogens is 3. The molecule has 0 aliphatic carbocycles. The molecule has 0 spiro atoms.